The van der Waals surface area contributed by atoms with Gasteiger partial charge in [0.05, 0.1) is 11.3 Å². The topological polar surface area (TPSA) is 84.2 Å². The molecule has 1 heterocycles. The molecule has 1 rings (SSSR count). The number of nitrogens with zero attached hydrogens (tertiary/aromatic N) is 2. The highest BCUT2D eigenvalue weighted by Gasteiger charge is 2.17. The zero-order valence-electron chi connectivity index (χ0n) is 11.9. The van der Waals surface area contributed by atoms with E-state index in [1.165, 1.54) is 0 Å². The van der Waals surface area contributed by atoms with Crippen molar-refractivity contribution in [2.75, 3.05) is 6.54 Å². The lowest BCUT2D eigenvalue weighted by Gasteiger charge is -2.11. The summed E-state index contributed by atoms with van der Waals surface area (Å²) in [6.45, 7) is 6.05. The van der Waals surface area contributed by atoms with Gasteiger partial charge in [-0.25, -0.2) is 0 Å². The first-order chi connectivity index (χ1) is 8.82. The van der Waals surface area contributed by atoms with Crippen LogP contribution in [0.3, 0.4) is 0 Å². The third-order valence-electron chi connectivity index (χ3n) is 3.20. The molecule has 1 aromatic rings. The number of rotatable bonds is 6. The number of carbonyl (C=O) groups is 2. The lowest BCUT2D eigenvalue weighted by atomic mass is 10.1. The van der Waals surface area contributed by atoms with Crippen LogP contribution in [-0.2, 0) is 11.8 Å². The summed E-state index contributed by atoms with van der Waals surface area (Å²) in [6.07, 6.45) is 0.683. The van der Waals surface area contributed by atoms with Gasteiger partial charge in [0.15, 0.2) is 0 Å². The fourth-order valence-electron chi connectivity index (χ4n) is 1.93. The molecule has 1 amide bonds. The second kappa shape index (κ2) is 6.36. The van der Waals surface area contributed by atoms with E-state index >= 15 is 0 Å². The van der Waals surface area contributed by atoms with Gasteiger partial charge in [-0.15, -0.1) is 0 Å². The Bertz CT molecular complexity index is 480. The molecule has 0 aliphatic carbocycles. The van der Waals surface area contributed by atoms with Crippen LogP contribution in [0.15, 0.2) is 0 Å². The van der Waals surface area contributed by atoms with Gasteiger partial charge in [0.25, 0.3) is 5.91 Å². The van der Waals surface area contributed by atoms with Gasteiger partial charge in [-0.05, 0) is 26.2 Å². The number of amides is 1. The summed E-state index contributed by atoms with van der Waals surface area (Å²) in [5.74, 6) is -0.820. The number of aliphatic carboxylic acids is 1. The zero-order valence-corrected chi connectivity index (χ0v) is 11.9. The van der Waals surface area contributed by atoms with Crippen molar-refractivity contribution in [2.45, 2.75) is 33.6 Å². The maximum absolute atomic E-state index is 12.1. The summed E-state index contributed by atoms with van der Waals surface area (Å²) in [7, 11) is 1.80. The van der Waals surface area contributed by atoms with Crippen molar-refractivity contribution in [1.29, 1.82) is 0 Å². The van der Waals surface area contributed by atoms with Crippen molar-refractivity contribution in [3.05, 3.63) is 17.0 Å². The molecule has 19 heavy (non-hydrogen) atoms. The molecule has 6 heteroatoms. The third kappa shape index (κ3) is 4.08. The minimum absolute atomic E-state index is 0.127. The summed E-state index contributed by atoms with van der Waals surface area (Å²) in [4.78, 5) is 22.5. The Kier molecular flexibility index (Phi) is 5.09. The number of carboxylic acids is 1. The minimum Gasteiger partial charge on any atom is -0.481 e. The first-order valence-electron chi connectivity index (χ1n) is 6.33. The molecule has 0 aromatic carbocycles. The van der Waals surface area contributed by atoms with Crippen LogP contribution >= 0.6 is 0 Å². The van der Waals surface area contributed by atoms with Gasteiger partial charge >= 0.3 is 5.97 Å². The Hall–Kier alpha value is -1.85. The molecule has 0 bridgehead atoms. The molecule has 1 unspecified atom stereocenters. The van der Waals surface area contributed by atoms with E-state index in [4.69, 9.17) is 5.11 Å². The van der Waals surface area contributed by atoms with E-state index in [9.17, 15) is 9.59 Å². The average molecular weight is 267 g/mol. The quantitative estimate of drug-likeness (QED) is 0.813. The second-order valence-corrected chi connectivity index (χ2v) is 4.92. The summed E-state index contributed by atoms with van der Waals surface area (Å²) in [5, 5.41) is 15.6. The lowest BCUT2D eigenvalue weighted by molar-refractivity contribution is -0.137. The molecular formula is C13H21N3O3. The molecule has 0 fully saturated rings. The van der Waals surface area contributed by atoms with Crippen LogP contribution < -0.4 is 5.32 Å². The van der Waals surface area contributed by atoms with E-state index in [0.717, 1.165) is 5.69 Å². The van der Waals surface area contributed by atoms with Crippen molar-refractivity contribution in [1.82, 2.24) is 15.1 Å². The molecular weight excluding hydrogens is 246 g/mol. The summed E-state index contributed by atoms with van der Waals surface area (Å²) in [6, 6.07) is 0. The van der Waals surface area contributed by atoms with Crippen LogP contribution in [0.1, 0.15) is 41.5 Å². The Labute approximate surface area is 112 Å². The van der Waals surface area contributed by atoms with Crippen LogP contribution in [0.25, 0.3) is 0 Å². The SMILES string of the molecule is Cc1nn(C)c(C)c1C(=O)NCC(C)CCC(=O)O. The van der Waals surface area contributed by atoms with Crippen LogP contribution in [0.4, 0.5) is 0 Å². The van der Waals surface area contributed by atoms with Crippen LogP contribution in [-0.4, -0.2) is 33.3 Å². The van der Waals surface area contributed by atoms with Gasteiger partial charge in [0, 0.05) is 25.7 Å². The fraction of sp³-hybridized carbons (Fsp3) is 0.615. The Morgan fingerprint density at radius 1 is 1.42 bits per heavy atom. The molecule has 0 aliphatic rings. The first-order valence-corrected chi connectivity index (χ1v) is 6.33. The Balaban J connectivity index is 2.54. The standard InChI is InChI=1S/C13H21N3O3/c1-8(5-6-11(17)18)7-14-13(19)12-9(2)15-16(4)10(12)3/h8H,5-7H2,1-4H3,(H,14,19)(H,17,18). The Morgan fingerprint density at radius 3 is 2.53 bits per heavy atom. The van der Waals surface area contributed by atoms with E-state index in [2.05, 4.69) is 10.4 Å². The van der Waals surface area contributed by atoms with Gasteiger partial charge in [-0.2, -0.15) is 5.10 Å². The Morgan fingerprint density at radius 2 is 2.05 bits per heavy atom. The van der Waals surface area contributed by atoms with E-state index in [0.29, 0.717) is 24.2 Å². The molecule has 2 N–H and O–H groups in total. The van der Waals surface area contributed by atoms with E-state index < -0.39 is 5.97 Å². The number of carboxylic acid groups (broad SMARTS) is 1. The van der Waals surface area contributed by atoms with Crippen molar-refractivity contribution in [3.8, 4) is 0 Å². The zero-order chi connectivity index (χ0) is 14.6. The fourth-order valence-corrected chi connectivity index (χ4v) is 1.93. The minimum atomic E-state index is -0.808. The van der Waals surface area contributed by atoms with Gasteiger partial charge < -0.3 is 10.4 Å². The highest BCUT2D eigenvalue weighted by molar-refractivity contribution is 5.96. The van der Waals surface area contributed by atoms with E-state index in [1.54, 1.807) is 18.7 Å². The van der Waals surface area contributed by atoms with Crippen molar-refractivity contribution in [2.24, 2.45) is 13.0 Å². The smallest absolute Gasteiger partial charge is 0.303 e. The number of carbonyl (C=O) groups excluding carboxylic acids is 1. The number of aryl methyl sites for hydroxylation is 2. The third-order valence-corrected chi connectivity index (χ3v) is 3.20. The molecule has 6 nitrogen and oxygen atoms in total. The molecule has 0 saturated heterocycles. The molecule has 0 radical (unpaired) electrons. The molecule has 0 aliphatic heterocycles. The summed E-state index contributed by atoms with van der Waals surface area (Å²) < 4.78 is 1.68. The average Bonchev–Trinajstić information content (AvgIpc) is 2.58. The van der Waals surface area contributed by atoms with Gasteiger partial charge in [-0.1, -0.05) is 6.92 Å². The normalized spacial score (nSPS) is 12.2. The maximum atomic E-state index is 12.1. The molecule has 0 saturated carbocycles. The molecule has 1 aromatic heterocycles. The van der Waals surface area contributed by atoms with Crippen LogP contribution in [0.5, 0.6) is 0 Å². The van der Waals surface area contributed by atoms with Crippen molar-refractivity contribution in [3.63, 3.8) is 0 Å². The van der Waals surface area contributed by atoms with Gasteiger partial charge in [0.1, 0.15) is 0 Å². The van der Waals surface area contributed by atoms with E-state index in [1.807, 2.05) is 13.8 Å². The van der Waals surface area contributed by atoms with Crippen LogP contribution in [0, 0.1) is 19.8 Å². The second-order valence-electron chi connectivity index (χ2n) is 4.92. The first kappa shape index (κ1) is 15.2. The van der Waals surface area contributed by atoms with Gasteiger partial charge in [-0.3, -0.25) is 14.3 Å². The molecule has 0 spiro atoms. The monoisotopic (exact) mass is 267 g/mol. The lowest BCUT2D eigenvalue weighted by Crippen LogP contribution is -2.29. The number of hydrogen-bond acceptors (Lipinski definition) is 3. The highest BCUT2D eigenvalue weighted by atomic mass is 16.4. The number of aromatic nitrogens is 2. The largest absolute Gasteiger partial charge is 0.481 e. The van der Waals surface area contributed by atoms with E-state index in [-0.39, 0.29) is 18.2 Å². The van der Waals surface area contributed by atoms with Gasteiger partial charge in [0.2, 0.25) is 0 Å². The maximum Gasteiger partial charge on any atom is 0.303 e. The molecule has 1 atom stereocenters. The number of nitrogens with one attached hydrogen (secondary N) is 1. The molecule has 106 valence electrons. The highest BCUT2D eigenvalue weighted by Crippen LogP contribution is 2.12. The summed E-state index contributed by atoms with van der Waals surface area (Å²) in [5.41, 5.74) is 2.14. The predicted molar refractivity (Wildman–Crippen MR) is 71.0 cm³/mol. The van der Waals surface area contributed by atoms with Crippen molar-refractivity contribution < 1.29 is 14.7 Å². The van der Waals surface area contributed by atoms with Crippen LogP contribution in [0.2, 0.25) is 0 Å². The van der Waals surface area contributed by atoms with Crippen molar-refractivity contribution >= 4 is 11.9 Å². The summed E-state index contributed by atoms with van der Waals surface area (Å²) >= 11 is 0. The predicted octanol–water partition coefficient (Wildman–Crippen LogP) is 1.27. The number of hydrogen-bond donors (Lipinski definition) is 2.